The maximum absolute atomic E-state index is 12.8. The molecular weight excluding hydrogens is 616 g/mol. The van der Waals surface area contributed by atoms with Crippen molar-refractivity contribution in [3.63, 3.8) is 0 Å². The SMILES string of the molecule is CC(C)(C)OC(=O)NC1(c2nc3ccc(-c4ccc(-c5ccc6c(ccc7[nH]c(C8CCCN8C(=O)O)nc76)c5)cc4)cc3[nH]2)CCCC1. The molecule has 6 aromatic rings. The van der Waals surface area contributed by atoms with Crippen LogP contribution in [0.25, 0.3) is 55.1 Å². The number of benzene rings is 4. The van der Waals surface area contributed by atoms with Gasteiger partial charge in [-0.15, -0.1) is 0 Å². The number of imidazole rings is 2. The molecular formula is C39H40N6O4. The number of hydrogen-bond donors (Lipinski definition) is 4. The lowest BCUT2D eigenvalue weighted by molar-refractivity contribution is 0.0448. The minimum atomic E-state index is -0.901. The van der Waals surface area contributed by atoms with Gasteiger partial charge >= 0.3 is 12.2 Å². The second kappa shape index (κ2) is 11.6. The smallest absolute Gasteiger partial charge is 0.408 e. The van der Waals surface area contributed by atoms with Gasteiger partial charge in [0.2, 0.25) is 0 Å². The van der Waals surface area contributed by atoms with Crippen LogP contribution in [0.2, 0.25) is 0 Å². The molecule has 2 fully saturated rings. The summed E-state index contributed by atoms with van der Waals surface area (Å²) in [6, 6.07) is 25.1. The fraction of sp³-hybridized carbons (Fsp3) is 0.333. The van der Waals surface area contributed by atoms with E-state index in [1.807, 2.05) is 32.9 Å². The number of alkyl carbamates (subject to hydrolysis) is 1. The zero-order valence-electron chi connectivity index (χ0n) is 28.0. The highest BCUT2D eigenvalue weighted by Gasteiger charge is 2.41. The average molecular weight is 657 g/mol. The lowest BCUT2D eigenvalue weighted by Gasteiger charge is -2.30. The summed E-state index contributed by atoms with van der Waals surface area (Å²) < 4.78 is 5.59. The molecule has 1 atom stereocenters. The zero-order chi connectivity index (χ0) is 33.9. The van der Waals surface area contributed by atoms with E-state index in [0.717, 1.165) is 99.4 Å². The maximum Gasteiger partial charge on any atom is 0.408 e. The number of nitrogens with zero attached hydrogens (tertiary/aromatic N) is 3. The topological polar surface area (TPSA) is 136 Å². The third kappa shape index (κ3) is 5.75. The summed E-state index contributed by atoms with van der Waals surface area (Å²) in [6.45, 7) is 6.15. The molecule has 2 aliphatic rings. The molecule has 1 aliphatic carbocycles. The number of rotatable bonds is 5. The van der Waals surface area contributed by atoms with Crippen LogP contribution in [0.1, 0.15) is 77.0 Å². The van der Waals surface area contributed by atoms with Crippen LogP contribution in [0, 0.1) is 0 Å². The summed E-state index contributed by atoms with van der Waals surface area (Å²) >= 11 is 0. The Bertz CT molecular complexity index is 2220. The quantitative estimate of drug-likeness (QED) is 0.146. The van der Waals surface area contributed by atoms with Gasteiger partial charge in [0.15, 0.2) is 0 Å². The molecule has 250 valence electrons. The number of ether oxygens (including phenoxy) is 1. The van der Waals surface area contributed by atoms with E-state index in [4.69, 9.17) is 14.7 Å². The van der Waals surface area contributed by atoms with Crippen LogP contribution < -0.4 is 5.32 Å². The number of aromatic nitrogens is 4. The number of carbonyl (C=O) groups excluding carboxylic acids is 1. The van der Waals surface area contributed by atoms with E-state index < -0.39 is 23.3 Å². The number of carboxylic acid groups (broad SMARTS) is 1. The molecule has 0 radical (unpaired) electrons. The van der Waals surface area contributed by atoms with Gasteiger partial charge in [-0.3, -0.25) is 4.90 Å². The fourth-order valence-corrected chi connectivity index (χ4v) is 7.61. The monoisotopic (exact) mass is 656 g/mol. The predicted molar refractivity (Wildman–Crippen MR) is 190 cm³/mol. The van der Waals surface area contributed by atoms with Gasteiger partial charge < -0.3 is 25.1 Å². The number of fused-ring (bicyclic) bond motifs is 4. The molecule has 10 heteroatoms. The Morgan fingerprint density at radius 3 is 2.27 bits per heavy atom. The number of amides is 2. The van der Waals surface area contributed by atoms with Crippen LogP contribution in [-0.4, -0.2) is 54.3 Å². The van der Waals surface area contributed by atoms with Crippen LogP contribution in [0.5, 0.6) is 0 Å². The fourth-order valence-electron chi connectivity index (χ4n) is 7.61. The summed E-state index contributed by atoms with van der Waals surface area (Å²) in [5.74, 6) is 1.49. The summed E-state index contributed by atoms with van der Waals surface area (Å²) in [6.07, 6.45) is 3.96. The predicted octanol–water partition coefficient (Wildman–Crippen LogP) is 9.04. The number of likely N-dealkylation sites (tertiary alicyclic amines) is 1. The third-order valence-corrected chi connectivity index (χ3v) is 9.98. The number of H-pyrrole nitrogens is 2. The first-order chi connectivity index (χ1) is 23.5. The maximum atomic E-state index is 12.8. The molecule has 2 amide bonds. The average Bonchev–Trinajstić information content (AvgIpc) is 3.89. The lowest BCUT2D eigenvalue weighted by atomic mass is 9.97. The van der Waals surface area contributed by atoms with Gasteiger partial charge in [0.05, 0.1) is 28.1 Å². The first-order valence-corrected chi connectivity index (χ1v) is 17.1. The van der Waals surface area contributed by atoms with Gasteiger partial charge in [0.25, 0.3) is 0 Å². The number of hydrogen-bond acceptors (Lipinski definition) is 5. The van der Waals surface area contributed by atoms with Crippen molar-refractivity contribution in [2.75, 3.05) is 6.54 Å². The minimum absolute atomic E-state index is 0.237. The Morgan fingerprint density at radius 2 is 1.55 bits per heavy atom. The third-order valence-electron chi connectivity index (χ3n) is 9.98. The van der Waals surface area contributed by atoms with Crippen LogP contribution in [0.3, 0.4) is 0 Å². The first kappa shape index (κ1) is 30.9. The second-order valence-corrected chi connectivity index (χ2v) is 14.5. The van der Waals surface area contributed by atoms with Gasteiger partial charge in [0, 0.05) is 11.9 Å². The van der Waals surface area contributed by atoms with Crippen molar-refractivity contribution in [2.24, 2.45) is 0 Å². The van der Waals surface area contributed by atoms with Crippen LogP contribution in [-0.2, 0) is 10.3 Å². The molecule has 1 saturated heterocycles. The molecule has 2 aromatic heterocycles. The highest BCUT2D eigenvalue weighted by Crippen LogP contribution is 2.39. The van der Waals surface area contributed by atoms with E-state index in [-0.39, 0.29) is 6.04 Å². The summed E-state index contributed by atoms with van der Waals surface area (Å²) in [5, 5.41) is 14.9. The molecule has 49 heavy (non-hydrogen) atoms. The van der Waals surface area contributed by atoms with Crippen molar-refractivity contribution >= 4 is 45.0 Å². The molecule has 4 N–H and O–H groups in total. The van der Waals surface area contributed by atoms with E-state index in [9.17, 15) is 14.7 Å². The second-order valence-electron chi connectivity index (χ2n) is 14.5. The zero-order valence-corrected chi connectivity index (χ0v) is 28.0. The van der Waals surface area contributed by atoms with E-state index in [0.29, 0.717) is 12.4 Å². The van der Waals surface area contributed by atoms with E-state index in [2.05, 4.69) is 75.9 Å². The van der Waals surface area contributed by atoms with Gasteiger partial charge in [0.1, 0.15) is 22.8 Å². The number of aromatic amines is 2. The molecule has 3 heterocycles. The highest BCUT2D eigenvalue weighted by molar-refractivity contribution is 6.05. The summed E-state index contributed by atoms with van der Waals surface area (Å²) in [4.78, 5) is 42.7. The van der Waals surface area contributed by atoms with Crippen molar-refractivity contribution in [1.82, 2.24) is 30.2 Å². The summed E-state index contributed by atoms with van der Waals surface area (Å²) in [7, 11) is 0. The van der Waals surface area contributed by atoms with Crippen molar-refractivity contribution in [3.05, 3.63) is 84.4 Å². The molecule has 10 nitrogen and oxygen atoms in total. The number of carbonyl (C=O) groups is 2. The van der Waals surface area contributed by atoms with Gasteiger partial charge in [-0.05, 0) is 98.4 Å². The molecule has 1 saturated carbocycles. The molecule has 0 bridgehead atoms. The Hall–Kier alpha value is -5.38. The molecule has 1 aliphatic heterocycles. The Kier molecular flexibility index (Phi) is 7.35. The minimum Gasteiger partial charge on any atom is -0.465 e. The molecule has 8 rings (SSSR count). The van der Waals surface area contributed by atoms with E-state index in [1.165, 1.54) is 4.90 Å². The van der Waals surface area contributed by atoms with Crippen molar-refractivity contribution < 1.29 is 19.4 Å². The van der Waals surface area contributed by atoms with Crippen molar-refractivity contribution in [2.45, 2.75) is 76.5 Å². The Labute approximate surface area is 283 Å². The first-order valence-electron chi connectivity index (χ1n) is 17.1. The van der Waals surface area contributed by atoms with Crippen LogP contribution in [0.15, 0.2) is 72.8 Å². The molecule has 0 spiro atoms. The molecule has 4 aromatic carbocycles. The number of nitrogens with one attached hydrogen (secondary N) is 3. The Morgan fingerprint density at radius 1 is 0.857 bits per heavy atom. The largest absolute Gasteiger partial charge is 0.465 e. The highest BCUT2D eigenvalue weighted by atomic mass is 16.6. The normalized spacial score (nSPS) is 17.7. The van der Waals surface area contributed by atoms with E-state index >= 15 is 0 Å². The van der Waals surface area contributed by atoms with Crippen LogP contribution >= 0.6 is 0 Å². The lowest BCUT2D eigenvalue weighted by Crippen LogP contribution is -2.46. The van der Waals surface area contributed by atoms with Crippen molar-refractivity contribution in [3.8, 4) is 22.3 Å². The summed E-state index contributed by atoms with van der Waals surface area (Å²) in [5.41, 5.74) is 6.83. The van der Waals surface area contributed by atoms with Gasteiger partial charge in [-0.1, -0.05) is 61.4 Å². The van der Waals surface area contributed by atoms with Gasteiger partial charge in [-0.2, -0.15) is 0 Å². The van der Waals surface area contributed by atoms with E-state index in [1.54, 1.807) is 0 Å². The van der Waals surface area contributed by atoms with Crippen LogP contribution in [0.4, 0.5) is 9.59 Å². The Balaban J connectivity index is 1.04. The standard InChI is InChI=1S/C39H40N6O4/c1-38(2,3)49-36(46)44-39(18-4-5-19-39)35-41-29-16-13-26(22-31(29)42-35)24-10-8-23(9-11-24)25-12-15-28-27(21-25)14-17-30-33(28)43-34(40-30)32-7-6-20-45(32)37(47)48/h8-17,21-22,32H,4-7,18-20H2,1-3H3,(H,40,43)(H,41,42)(H,44,46)(H,47,48). The van der Waals surface area contributed by atoms with Crippen molar-refractivity contribution in [1.29, 1.82) is 0 Å². The molecule has 1 unspecified atom stereocenters. The van der Waals surface area contributed by atoms with Gasteiger partial charge in [-0.25, -0.2) is 19.6 Å².